The first kappa shape index (κ1) is 48.2. The highest BCUT2D eigenvalue weighted by Gasteiger charge is 2.35. The lowest BCUT2D eigenvalue weighted by Gasteiger charge is -2.37. The van der Waals surface area contributed by atoms with Crippen molar-refractivity contribution in [3.63, 3.8) is 0 Å². The van der Waals surface area contributed by atoms with E-state index in [2.05, 4.69) is 30.6 Å². The van der Waals surface area contributed by atoms with Crippen molar-refractivity contribution in [2.24, 2.45) is 7.05 Å². The molecule has 1 unspecified atom stereocenters. The predicted molar refractivity (Wildman–Crippen MR) is 280 cm³/mol. The molecule has 74 heavy (non-hydrogen) atoms. The van der Waals surface area contributed by atoms with E-state index in [1.807, 2.05) is 79.5 Å². The van der Waals surface area contributed by atoms with Gasteiger partial charge in [-0.1, -0.05) is 59.9 Å². The van der Waals surface area contributed by atoms with Crippen molar-refractivity contribution in [3.05, 3.63) is 154 Å². The van der Waals surface area contributed by atoms with E-state index in [0.717, 1.165) is 37.9 Å². The Morgan fingerprint density at radius 1 is 0.865 bits per heavy atom. The molecule has 8 aromatic rings. The summed E-state index contributed by atoms with van der Waals surface area (Å²) in [5, 5.41) is 21.9. The van der Waals surface area contributed by atoms with Crippen molar-refractivity contribution in [2.75, 3.05) is 54.4 Å². The van der Waals surface area contributed by atoms with Crippen LogP contribution in [0.5, 0.6) is 11.5 Å². The van der Waals surface area contributed by atoms with Crippen LogP contribution >= 0.6 is 11.3 Å². The maximum absolute atomic E-state index is 15.7. The molecule has 3 N–H and O–H groups in total. The van der Waals surface area contributed by atoms with Gasteiger partial charge in [-0.15, -0.1) is 0 Å². The smallest absolute Gasteiger partial charge is 0.355 e. The first-order chi connectivity index (χ1) is 35.7. The number of thiazole rings is 1. The number of benzene rings is 5. The van der Waals surface area contributed by atoms with Gasteiger partial charge in [0.15, 0.2) is 10.8 Å². The van der Waals surface area contributed by atoms with Gasteiger partial charge >= 0.3 is 5.97 Å². The number of carbonyl (C=O) groups is 4. The number of amides is 3. The number of hydrogen-bond donors (Lipinski definition) is 3. The number of imide groups is 1. The quantitative estimate of drug-likeness (QED) is 0.0935. The molecule has 1 atom stereocenters. The summed E-state index contributed by atoms with van der Waals surface area (Å²) in [6.45, 7) is 4.44. The number of aromatic nitrogens is 4. The molecule has 18 heteroatoms. The number of nitrogens with one attached hydrogen (secondary N) is 2. The van der Waals surface area contributed by atoms with E-state index in [1.165, 1.54) is 11.3 Å². The Labute approximate surface area is 428 Å². The summed E-state index contributed by atoms with van der Waals surface area (Å²) in [7, 11) is 1.82. The topological polar surface area (TPSA) is 175 Å². The van der Waals surface area contributed by atoms with Crippen LogP contribution in [0.2, 0.25) is 0 Å². The van der Waals surface area contributed by atoms with E-state index >= 15 is 8.78 Å². The highest BCUT2D eigenvalue weighted by Crippen LogP contribution is 2.38. The summed E-state index contributed by atoms with van der Waals surface area (Å²) in [6, 6.07) is 34.8. The summed E-state index contributed by atoms with van der Waals surface area (Å²) < 4.78 is 40.3. The molecule has 5 aromatic carbocycles. The summed E-state index contributed by atoms with van der Waals surface area (Å²) in [5.41, 5.74) is 7.69. The number of anilines is 3. The normalized spacial score (nSPS) is 16.4. The molecule has 2 fully saturated rings. The standard InChI is InChI=1S/C56H51F2N9O6S/c1-33-38(39-19-21-48(60-51(39)54(71)72)67-24-23-35-7-5-9-40(43(35)31-67)52(69)62-55-59-44-10-3-4-12-47(44)74-55)8-6-11-46(33)73-37-16-13-34(14-17-37)30-56(57,58)32-65-25-27-66(28-26-65)36-15-18-41-45(29-36)64(2)63-50(41)42-20-22-49(68)61-53(42)70/h3-19,21,29,42H,20,22-28,30-32H2,1-2H3,(H,71,72)(H,59,62,69)(H,61,68,70). The van der Waals surface area contributed by atoms with Gasteiger partial charge in [0.25, 0.3) is 11.8 Å². The lowest BCUT2D eigenvalue weighted by Crippen LogP contribution is -2.50. The lowest BCUT2D eigenvalue weighted by molar-refractivity contribution is -0.134. The number of fused-ring (bicyclic) bond motifs is 3. The zero-order chi connectivity index (χ0) is 51.3. The summed E-state index contributed by atoms with van der Waals surface area (Å²) in [4.78, 5) is 66.0. The van der Waals surface area contributed by atoms with Crippen molar-refractivity contribution >= 4 is 72.8 Å². The van der Waals surface area contributed by atoms with E-state index in [1.54, 1.807) is 64.2 Å². The van der Waals surface area contributed by atoms with Gasteiger partial charge in [0.1, 0.15) is 17.3 Å². The fourth-order valence-corrected chi connectivity index (χ4v) is 11.3. The number of alkyl halides is 2. The van der Waals surface area contributed by atoms with Crippen LogP contribution in [0.1, 0.15) is 67.6 Å². The third-order valence-corrected chi connectivity index (χ3v) is 15.2. The van der Waals surface area contributed by atoms with Gasteiger partial charge in [0.2, 0.25) is 11.8 Å². The minimum absolute atomic E-state index is 0.131. The number of aromatic carboxylic acids is 1. The summed E-state index contributed by atoms with van der Waals surface area (Å²) in [6.07, 6.45) is 0.871. The third kappa shape index (κ3) is 9.77. The Bertz CT molecular complexity index is 3480. The van der Waals surface area contributed by atoms with Gasteiger partial charge in [0, 0.05) is 81.4 Å². The molecular weight excluding hydrogens is 965 g/mol. The average Bonchev–Trinajstić information content (AvgIpc) is 3.96. The first-order valence-electron chi connectivity index (χ1n) is 24.5. The minimum Gasteiger partial charge on any atom is -0.476 e. The molecule has 11 rings (SSSR count). The molecule has 0 bridgehead atoms. The number of ether oxygens (including phenoxy) is 1. The monoisotopic (exact) mass is 1020 g/mol. The second-order valence-corrected chi connectivity index (χ2v) is 20.1. The van der Waals surface area contributed by atoms with Crippen LogP contribution in [-0.2, 0) is 36.0 Å². The van der Waals surface area contributed by atoms with Crippen molar-refractivity contribution in [1.82, 2.24) is 30.0 Å². The number of aryl methyl sites for hydroxylation is 1. The SMILES string of the molecule is Cc1c(Oc2ccc(CC(F)(F)CN3CCN(c4ccc5c(C6CCC(=O)NC6=O)nn(C)c5c4)CC3)cc2)cccc1-c1ccc(N2CCc3cccc(C(=O)Nc4nc5ccccc5s4)c3C2)nc1C(=O)O. The molecular formula is C56H51F2N9O6S. The molecule has 3 aromatic heterocycles. The maximum Gasteiger partial charge on any atom is 0.355 e. The number of para-hydroxylation sites is 1. The van der Waals surface area contributed by atoms with Crippen LogP contribution < -0.4 is 25.2 Å². The zero-order valence-electron chi connectivity index (χ0n) is 40.6. The minimum atomic E-state index is -2.99. The van der Waals surface area contributed by atoms with Crippen LogP contribution in [0.4, 0.5) is 25.4 Å². The van der Waals surface area contributed by atoms with Crippen LogP contribution in [0.15, 0.2) is 115 Å². The van der Waals surface area contributed by atoms with E-state index in [-0.39, 0.29) is 36.4 Å². The van der Waals surface area contributed by atoms with Crippen LogP contribution in [0.25, 0.3) is 32.2 Å². The second kappa shape index (κ2) is 19.7. The Morgan fingerprint density at radius 2 is 1.66 bits per heavy atom. The first-order valence-corrected chi connectivity index (χ1v) is 25.3. The highest BCUT2D eigenvalue weighted by atomic mass is 32.1. The molecule has 0 saturated carbocycles. The summed E-state index contributed by atoms with van der Waals surface area (Å²) in [5.74, 6) is -4.17. The van der Waals surface area contributed by atoms with Gasteiger partial charge in [-0.2, -0.15) is 5.10 Å². The van der Waals surface area contributed by atoms with Gasteiger partial charge < -0.3 is 19.6 Å². The van der Waals surface area contributed by atoms with Crippen LogP contribution in [0.3, 0.4) is 0 Å². The van der Waals surface area contributed by atoms with Crippen molar-refractivity contribution < 1.29 is 37.8 Å². The average molecular weight is 1020 g/mol. The van der Waals surface area contributed by atoms with E-state index in [4.69, 9.17) is 4.74 Å². The highest BCUT2D eigenvalue weighted by molar-refractivity contribution is 7.22. The lowest BCUT2D eigenvalue weighted by atomic mass is 9.93. The molecule has 0 aliphatic carbocycles. The van der Waals surface area contributed by atoms with Gasteiger partial charge in [-0.3, -0.25) is 34.6 Å². The number of pyridine rings is 1. The second-order valence-electron chi connectivity index (χ2n) is 19.1. The van der Waals surface area contributed by atoms with Gasteiger partial charge in [0.05, 0.1) is 33.9 Å². The molecule has 376 valence electrons. The number of nitrogens with zero attached hydrogens (tertiary/aromatic N) is 7. The Morgan fingerprint density at radius 3 is 2.45 bits per heavy atom. The number of rotatable bonds is 13. The molecule has 0 spiro atoms. The predicted octanol–water partition coefficient (Wildman–Crippen LogP) is 9.38. The van der Waals surface area contributed by atoms with Crippen molar-refractivity contribution in [2.45, 2.75) is 51.0 Å². The number of hydrogen-bond acceptors (Lipinski definition) is 12. The fraction of sp³-hybridized carbons (Fsp3) is 0.268. The van der Waals surface area contributed by atoms with Crippen molar-refractivity contribution in [3.8, 4) is 22.6 Å². The number of carboxylic acid groups (broad SMARTS) is 1. The maximum atomic E-state index is 15.7. The largest absolute Gasteiger partial charge is 0.476 e. The van der Waals surface area contributed by atoms with Gasteiger partial charge in [-0.05, 0) is 114 Å². The molecule has 3 aliphatic heterocycles. The molecule has 3 aliphatic rings. The van der Waals surface area contributed by atoms with Crippen LogP contribution in [-0.4, -0.2) is 98.6 Å². The zero-order valence-corrected chi connectivity index (χ0v) is 41.4. The van der Waals surface area contributed by atoms with Gasteiger partial charge in [-0.25, -0.2) is 23.5 Å². The van der Waals surface area contributed by atoms with E-state index in [9.17, 15) is 24.3 Å². The third-order valence-electron chi connectivity index (χ3n) is 14.3. The molecule has 6 heterocycles. The molecule has 3 amide bonds. The Balaban J connectivity index is 0.712. The Kier molecular flexibility index (Phi) is 12.9. The number of carbonyl (C=O) groups excluding carboxylic acids is 3. The molecule has 2 saturated heterocycles. The number of piperazine rings is 1. The Hall–Kier alpha value is -8.09. The van der Waals surface area contributed by atoms with E-state index in [0.29, 0.717) is 108 Å². The number of carboxylic acids is 1. The summed E-state index contributed by atoms with van der Waals surface area (Å²) >= 11 is 1.41. The van der Waals surface area contributed by atoms with E-state index < -0.39 is 24.2 Å². The molecule has 15 nitrogen and oxygen atoms in total. The number of piperidine rings is 1. The molecule has 0 radical (unpaired) electrons. The van der Waals surface area contributed by atoms with Crippen LogP contribution in [0, 0.1) is 6.92 Å². The number of halogens is 2. The fourth-order valence-electron chi connectivity index (χ4n) is 10.4. The van der Waals surface area contributed by atoms with Crippen molar-refractivity contribution in [1.29, 1.82) is 0 Å².